The van der Waals surface area contributed by atoms with E-state index in [-0.39, 0.29) is 17.3 Å². The van der Waals surface area contributed by atoms with E-state index < -0.39 is 12.4 Å². The van der Waals surface area contributed by atoms with Gasteiger partial charge in [-0.1, -0.05) is 6.07 Å². The first-order chi connectivity index (χ1) is 11.9. The van der Waals surface area contributed by atoms with Crippen molar-refractivity contribution in [1.29, 1.82) is 0 Å². The first kappa shape index (κ1) is 15.8. The largest absolute Gasteiger partial charge is 0.586 e. The highest BCUT2D eigenvalue weighted by atomic mass is 19.3. The smallest absolute Gasteiger partial charge is 0.395 e. The lowest BCUT2D eigenvalue weighted by Crippen LogP contribution is -2.25. The van der Waals surface area contributed by atoms with Gasteiger partial charge in [0.2, 0.25) is 0 Å². The zero-order valence-corrected chi connectivity index (χ0v) is 13.1. The van der Waals surface area contributed by atoms with Crippen LogP contribution in [0.4, 0.5) is 13.2 Å². The van der Waals surface area contributed by atoms with Crippen LogP contribution in [0.2, 0.25) is 0 Å². The minimum atomic E-state index is -3.68. The number of benzene rings is 2. The topological polar surface area (TPSA) is 56.4 Å². The number of ether oxygens (including phenoxy) is 3. The number of imidazole rings is 1. The Morgan fingerprint density at radius 3 is 2.76 bits per heavy atom. The van der Waals surface area contributed by atoms with E-state index in [1.807, 2.05) is 0 Å². The van der Waals surface area contributed by atoms with Crippen LogP contribution in [0.5, 0.6) is 11.5 Å². The lowest BCUT2D eigenvalue weighted by Gasteiger charge is -2.15. The van der Waals surface area contributed by atoms with Gasteiger partial charge in [-0.3, -0.25) is 0 Å². The molecule has 8 heteroatoms. The summed E-state index contributed by atoms with van der Waals surface area (Å²) >= 11 is 0. The normalized spacial score (nSPS) is 16.3. The third-order valence-corrected chi connectivity index (χ3v) is 3.77. The molecule has 4 rings (SSSR count). The van der Waals surface area contributed by atoms with Crippen molar-refractivity contribution >= 4 is 11.0 Å². The highest BCUT2D eigenvalue weighted by Crippen LogP contribution is 2.43. The maximum Gasteiger partial charge on any atom is 0.586 e. The Kier molecular flexibility index (Phi) is 3.57. The van der Waals surface area contributed by atoms with E-state index in [1.165, 1.54) is 24.3 Å². The summed E-state index contributed by atoms with van der Waals surface area (Å²) in [5, 5.41) is 0. The van der Waals surface area contributed by atoms with Crippen LogP contribution in [0, 0.1) is 5.82 Å². The van der Waals surface area contributed by atoms with Crippen molar-refractivity contribution < 1.29 is 27.4 Å². The van der Waals surface area contributed by atoms with Crippen LogP contribution in [0.25, 0.3) is 11.0 Å². The number of nitrogens with zero attached hydrogens (tertiary/aromatic N) is 1. The molecule has 0 aliphatic carbocycles. The molecule has 0 bridgehead atoms. The average Bonchev–Trinajstić information content (AvgIpc) is 3.09. The summed E-state index contributed by atoms with van der Waals surface area (Å²) in [5.74, 6) is -0.0703. The van der Waals surface area contributed by atoms with Gasteiger partial charge < -0.3 is 19.2 Å². The van der Waals surface area contributed by atoms with Gasteiger partial charge in [0.25, 0.3) is 0 Å². The second kappa shape index (κ2) is 5.66. The standard InChI is InChI=1S/C17H13F3N2O3/c1-2-23-15(16-21-11-5-4-10(18)8-12(11)22-16)9-3-6-13-14(7-9)25-17(19,20)24-13/h3-8,15H,2H2,1H3,(H,21,22). The van der Waals surface area contributed by atoms with Gasteiger partial charge in [0.05, 0.1) is 11.0 Å². The van der Waals surface area contributed by atoms with Crippen molar-refractivity contribution in [3.8, 4) is 11.5 Å². The lowest BCUT2D eigenvalue weighted by atomic mass is 10.1. The predicted octanol–water partition coefficient (Wildman–Crippen LogP) is 4.15. The van der Waals surface area contributed by atoms with Gasteiger partial charge in [-0.25, -0.2) is 9.37 Å². The lowest BCUT2D eigenvalue weighted by molar-refractivity contribution is -0.286. The highest BCUT2D eigenvalue weighted by molar-refractivity contribution is 5.75. The molecule has 1 aromatic heterocycles. The Bertz CT molecular complexity index is 942. The third kappa shape index (κ3) is 2.89. The van der Waals surface area contributed by atoms with E-state index in [2.05, 4.69) is 19.4 Å². The number of hydrogen-bond donors (Lipinski definition) is 1. The van der Waals surface area contributed by atoms with Crippen LogP contribution >= 0.6 is 0 Å². The molecule has 5 nitrogen and oxygen atoms in total. The van der Waals surface area contributed by atoms with Crippen LogP contribution in [-0.4, -0.2) is 22.9 Å². The van der Waals surface area contributed by atoms with Crippen molar-refractivity contribution in [2.45, 2.75) is 19.3 Å². The van der Waals surface area contributed by atoms with Crippen LogP contribution in [0.3, 0.4) is 0 Å². The second-order valence-electron chi connectivity index (χ2n) is 5.49. The number of aromatic amines is 1. The van der Waals surface area contributed by atoms with Crippen LogP contribution in [-0.2, 0) is 4.74 Å². The van der Waals surface area contributed by atoms with Gasteiger partial charge in [-0.15, -0.1) is 8.78 Å². The number of nitrogens with one attached hydrogen (secondary N) is 1. The molecule has 25 heavy (non-hydrogen) atoms. The summed E-state index contributed by atoms with van der Waals surface area (Å²) in [6.07, 6.45) is -4.33. The number of rotatable bonds is 4. The molecule has 1 aliphatic heterocycles. The van der Waals surface area contributed by atoms with Crippen LogP contribution < -0.4 is 9.47 Å². The number of halogens is 3. The summed E-state index contributed by atoms with van der Waals surface area (Å²) in [7, 11) is 0. The van der Waals surface area contributed by atoms with Crippen molar-refractivity contribution in [2.24, 2.45) is 0 Å². The summed E-state index contributed by atoms with van der Waals surface area (Å²) in [5.41, 5.74) is 1.65. The van der Waals surface area contributed by atoms with E-state index in [4.69, 9.17) is 4.74 Å². The quantitative estimate of drug-likeness (QED) is 0.768. The van der Waals surface area contributed by atoms with Gasteiger partial charge in [0, 0.05) is 6.61 Å². The van der Waals surface area contributed by atoms with Crippen molar-refractivity contribution in [2.75, 3.05) is 6.61 Å². The highest BCUT2D eigenvalue weighted by Gasteiger charge is 2.43. The zero-order valence-electron chi connectivity index (χ0n) is 13.1. The zero-order chi connectivity index (χ0) is 17.6. The third-order valence-electron chi connectivity index (χ3n) is 3.77. The molecule has 0 amide bonds. The molecular formula is C17H13F3N2O3. The molecule has 0 radical (unpaired) electrons. The molecule has 0 saturated heterocycles. The molecule has 0 saturated carbocycles. The number of H-pyrrole nitrogens is 1. The van der Waals surface area contributed by atoms with Crippen LogP contribution in [0.1, 0.15) is 24.4 Å². The molecular weight excluding hydrogens is 337 g/mol. The fourth-order valence-corrected chi connectivity index (χ4v) is 2.75. The van der Waals surface area contributed by atoms with Gasteiger partial charge in [0.1, 0.15) is 17.7 Å². The monoisotopic (exact) mass is 350 g/mol. The minimum absolute atomic E-state index is 0.0457. The molecule has 130 valence electrons. The number of aromatic nitrogens is 2. The van der Waals surface area contributed by atoms with E-state index >= 15 is 0 Å². The van der Waals surface area contributed by atoms with Gasteiger partial charge in [-0.05, 0) is 42.8 Å². The van der Waals surface area contributed by atoms with Crippen molar-refractivity contribution in [1.82, 2.24) is 9.97 Å². The molecule has 0 spiro atoms. The van der Waals surface area contributed by atoms with Gasteiger partial charge in [-0.2, -0.15) is 0 Å². The maximum atomic E-state index is 13.4. The summed E-state index contributed by atoms with van der Waals surface area (Å²) in [4.78, 5) is 7.41. The van der Waals surface area contributed by atoms with Crippen LogP contribution in [0.15, 0.2) is 36.4 Å². The molecule has 0 fully saturated rings. The summed E-state index contributed by atoms with van der Waals surface area (Å²) < 4.78 is 54.3. The van der Waals surface area contributed by atoms with Gasteiger partial charge >= 0.3 is 6.29 Å². The van der Waals surface area contributed by atoms with Gasteiger partial charge in [0.15, 0.2) is 11.5 Å². The molecule has 1 atom stereocenters. The average molecular weight is 350 g/mol. The number of hydrogen-bond acceptors (Lipinski definition) is 4. The predicted molar refractivity (Wildman–Crippen MR) is 82.2 cm³/mol. The molecule has 1 N–H and O–H groups in total. The molecule has 1 aliphatic rings. The molecule has 2 heterocycles. The maximum absolute atomic E-state index is 13.4. The Morgan fingerprint density at radius 2 is 1.96 bits per heavy atom. The first-order valence-corrected chi connectivity index (χ1v) is 7.62. The Morgan fingerprint density at radius 1 is 1.16 bits per heavy atom. The fraction of sp³-hybridized carbons (Fsp3) is 0.235. The number of alkyl halides is 2. The molecule has 2 aromatic carbocycles. The van der Waals surface area contributed by atoms with E-state index in [9.17, 15) is 13.2 Å². The summed E-state index contributed by atoms with van der Waals surface area (Å²) in [6.45, 7) is 2.16. The Labute approximate surface area is 140 Å². The van der Waals surface area contributed by atoms with E-state index in [0.717, 1.165) is 0 Å². The second-order valence-corrected chi connectivity index (χ2v) is 5.49. The Balaban J connectivity index is 1.74. The van der Waals surface area contributed by atoms with Crippen molar-refractivity contribution in [3.05, 3.63) is 53.6 Å². The minimum Gasteiger partial charge on any atom is -0.395 e. The molecule has 1 unspecified atom stereocenters. The Hall–Kier alpha value is -2.74. The van der Waals surface area contributed by atoms with E-state index in [0.29, 0.717) is 29.0 Å². The first-order valence-electron chi connectivity index (χ1n) is 7.62. The number of fused-ring (bicyclic) bond motifs is 2. The molecule has 3 aromatic rings. The summed E-state index contributed by atoms with van der Waals surface area (Å²) in [6, 6.07) is 8.59. The fourth-order valence-electron chi connectivity index (χ4n) is 2.75. The van der Waals surface area contributed by atoms with Crippen molar-refractivity contribution in [3.63, 3.8) is 0 Å². The van der Waals surface area contributed by atoms with E-state index in [1.54, 1.807) is 19.1 Å². The SMILES string of the molecule is CCOC(c1ccc2c(c1)OC(F)(F)O2)c1nc2ccc(F)cc2[nH]1.